The molecule has 7 heteroatoms. The zero-order valence-corrected chi connectivity index (χ0v) is 8.67. The van der Waals surface area contributed by atoms with Gasteiger partial charge in [0.25, 0.3) is 5.69 Å². The summed E-state index contributed by atoms with van der Waals surface area (Å²) in [6.07, 6.45) is 1.12. The van der Waals surface area contributed by atoms with Gasteiger partial charge in [-0.1, -0.05) is 0 Å². The van der Waals surface area contributed by atoms with E-state index < -0.39 is 4.92 Å². The van der Waals surface area contributed by atoms with Gasteiger partial charge in [0.2, 0.25) is 11.8 Å². The fourth-order valence-corrected chi connectivity index (χ4v) is 0.949. The molecule has 1 heterocycles. The molecular formula is C9H11N3O4. The molecule has 0 aromatic carbocycles. The lowest BCUT2D eigenvalue weighted by Gasteiger charge is -2.04. The van der Waals surface area contributed by atoms with Gasteiger partial charge in [-0.25, -0.2) is 4.98 Å². The number of ether oxygens (including phenoxy) is 1. The molecule has 1 N–H and O–H groups in total. The molecule has 0 atom stereocenters. The topological polar surface area (TPSA) is 94.4 Å². The van der Waals surface area contributed by atoms with Crippen molar-refractivity contribution in [2.75, 3.05) is 13.2 Å². The molecule has 0 unspecified atom stereocenters. The van der Waals surface area contributed by atoms with E-state index in [1.54, 1.807) is 0 Å². The van der Waals surface area contributed by atoms with Crippen molar-refractivity contribution in [2.45, 2.75) is 6.92 Å². The van der Waals surface area contributed by atoms with Gasteiger partial charge < -0.3 is 10.1 Å². The lowest BCUT2D eigenvalue weighted by molar-refractivity contribution is -0.385. The largest absolute Gasteiger partial charge is 0.476 e. The maximum atomic E-state index is 10.5. The summed E-state index contributed by atoms with van der Waals surface area (Å²) in [5, 5.41) is 12.9. The van der Waals surface area contributed by atoms with Crippen LogP contribution in [-0.4, -0.2) is 29.0 Å². The molecule has 1 amide bonds. The zero-order valence-electron chi connectivity index (χ0n) is 8.67. The maximum Gasteiger partial charge on any atom is 0.287 e. The van der Waals surface area contributed by atoms with Crippen molar-refractivity contribution < 1.29 is 14.5 Å². The van der Waals surface area contributed by atoms with Crippen LogP contribution in [0, 0.1) is 10.1 Å². The normalized spacial score (nSPS) is 9.56. The summed E-state index contributed by atoms with van der Waals surface area (Å²) in [6.45, 7) is 2.04. The number of amides is 1. The van der Waals surface area contributed by atoms with Crippen molar-refractivity contribution >= 4 is 11.6 Å². The first-order valence-corrected chi connectivity index (χ1v) is 4.57. The van der Waals surface area contributed by atoms with Gasteiger partial charge in [0, 0.05) is 19.1 Å². The maximum absolute atomic E-state index is 10.5. The second-order valence-electron chi connectivity index (χ2n) is 2.94. The number of nitrogens with one attached hydrogen (secondary N) is 1. The van der Waals surface area contributed by atoms with Crippen LogP contribution in [0.4, 0.5) is 5.69 Å². The van der Waals surface area contributed by atoms with Crippen molar-refractivity contribution in [2.24, 2.45) is 0 Å². The third-order valence-electron chi connectivity index (χ3n) is 1.66. The highest BCUT2D eigenvalue weighted by atomic mass is 16.6. The van der Waals surface area contributed by atoms with Crippen LogP contribution in [0.1, 0.15) is 6.92 Å². The summed E-state index contributed by atoms with van der Waals surface area (Å²) in [7, 11) is 0. The second kappa shape index (κ2) is 5.64. The van der Waals surface area contributed by atoms with Crippen LogP contribution in [0.25, 0.3) is 0 Å². The first-order valence-electron chi connectivity index (χ1n) is 4.57. The predicted octanol–water partition coefficient (Wildman–Crippen LogP) is 0.505. The van der Waals surface area contributed by atoms with Gasteiger partial charge in [0.15, 0.2) is 0 Å². The smallest absolute Gasteiger partial charge is 0.287 e. The van der Waals surface area contributed by atoms with Gasteiger partial charge in [-0.15, -0.1) is 0 Å². The molecule has 0 bridgehead atoms. The molecule has 0 aliphatic heterocycles. The molecule has 0 radical (unpaired) electrons. The molecule has 1 aromatic rings. The molecule has 16 heavy (non-hydrogen) atoms. The van der Waals surface area contributed by atoms with Crippen LogP contribution >= 0.6 is 0 Å². The van der Waals surface area contributed by atoms with Gasteiger partial charge in [-0.2, -0.15) is 0 Å². The fourth-order valence-electron chi connectivity index (χ4n) is 0.949. The summed E-state index contributed by atoms with van der Waals surface area (Å²) in [6, 6.07) is 2.71. The van der Waals surface area contributed by atoms with Crippen LogP contribution in [0.2, 0.25) is 0 Å². The Kier molecular flexibility index (Phi) is 4.19. The molecule has 1 aromatic heterocycles. The van der Waals surface area contributed by atoms with Crippen molar-refractivity contribution in [1.29, 1.82) is 0 Å². The lowest BCUT2D eigenvalue weighted by Crippen LogP contribution is -2.25. The molecule has 86 valence electrons. The molecule has 0 fully saturated rings. The third-order valence-corrected chi connectivity index (χ3v) is 1.66. The Bertz CT molecular complexity index is 377. The summed E-state index contributed by atoms with van der Waals surface area (Å²) in [5.41, 5.74) is -0.0887. The molecule has 7 nitrogen and oxygen atoms in total. The van der Waals surface area contributed by atoms with E-state index in [9.17, 15) is 14.9 Å². The standard InChI is InChI=1S/C9H11N3O4/c1-7(13)10-4-5-16-9-3-2-8(6-11-9)12(14)15/h2-3,6H,4-5H2,1H3,(H,10,13). The Hall–Kier alpha value is -2.18. The molecule has 0 saturated heterocycles. The Labute approximate surface area is 91.6 Å². The van der Waals surface area contributed by atoms with Crippen LogP contribution in [0.5, 0.6) is 5.88 Å². The number of hydrogen-bond acceptors (Lipinski definition) is 5. The summed E-state index contributed by atoms with van der Waals surface area (Å²) in [4.78, 5) is 24.0. The van der Waals surface area contributed by atoms with E-state index in [1.165, 1.54) is 19.1 Å². The van der Waals surface area contributed by atoms with E-state index >= 15 is 0 Å². The lowest BCUT2D eigenvalue weighted by atomic mass is 10.4. The number of hydrogen-bond donors (Lipinski definition) is 1. The number of rotatable bonds is 5. The zero-order chi connectivity index (χ0) is 12.0. The van der Waals surface area contributed by atoms with Crippen molar-refractivity contribution in [1.82, 2.24) is 10.3 Å². The minimum absolute atomic E-state index is 0.0887. The van der Waals surface area contributed by atoms with Crippen molar-refractivity contribution in [3.63, 3.8) is 0 Å². The van der Waals surface area contributed by atoms with Gasteiger partial charge in [-0.05, 0) is 0 Å². The number of pyridine rings is 1. The molecule has 0 spiro atoms. The number of nitro groups is 1. The van der Waals surface area contributed by atoms with Crippen molar-refractivity contribution in [3.8, 4) is 5.88 Å². The van der Waals surface area contributed by atoms with Crippen LogP contribution < -0.4 is 10.1 Å². The van der Waals surface area contributed by atoms with E-state index in [0.29, 0.717) is 6.54 Å². The van der Waals surface area contributed by atoms with Gasteiger partial charge in [0.05, 0.1) is 11.5 Å². The quantitative estimate of drug-likeness (QED) is 0.447. The first kappa shape index (κ1) is 11.9. The van der Waals surface area contributed by atoms with Crippen molar-refractivity contribution in [3.05, 3.63) is 28.4 Å². The molecule has 0 saturated carbocycles. The SMILES string of the molecule is CC(=O)NCCOc1ccc([N+](=O)[O-])cn1. The highest BCUT2D eigenvalue weighted by Crippen LogP contribution is 2.12. The summed E-state index contributed by atoms with van der Waals surface area (Å²) >= 11 is 0. The number of aromatic nitrogens is 1. The van der Waals surface area contributed by atoms with E-state index in [1.807, 2.05) is 0 Å². The van der Waals surface area contributed by atoms with Gasteiger partial charge >= 0.3 is 0 Å². The fraction of sp³-hybridized carbons (Fsp3) is 0.333. The molecular weight excluding hydrogens is 214 g/mol. The van der Waals surface area contributed by atoms with E-state index in [2.05, 4.69) is 10.3 Å². The second-order valence-corrected chi connectivity index (χ2v) is 2.94. The molecule has 1 rings (SSSR count). The highest BCUT2D eigenvalue weighted by Gasteiger charge is 2.05. The summed E-state index contributed by atoms with van der Waals surface area (Å²) in [5.74, 6) is 0.149. The van der Waals surface area contributed by atoms with E-state index in [0.717, 1.165) is 6.20 Å². The Morgan fingerprint density at radius 2 is 2.38 bits per heavy atom. The third kappa shape index (κ3) is 3.91. The number of carbonyl (C=O) groups excluding carboxylic acids is 1. The van der Waals surface area contributed by atoms with Crippen LogP contribution in [-0.2, 0) is 4.79 Å². The predicted molar refractivity (Wildman–Crippen MR) is 55.1 cm³/mol. The average Bonchev–Trinajstić information content (AvgIpc) is 2.25. The van der Waals surface area contributed by atoms with Gasteiger partial charge in [0.1, 0.15) is 12.8 Å². The highest BCUT2D eigenvalue weighted by molar-refractivity contribution is 5.72. The van der Waals surface area contributed by atoms with Gasteiger partial charge in [-0.3, -0.25) is 14.9 Å². The van der Waals surface area contributed by atoms with E-state index in [-0.39, 0.29) is 24.1 Å². The monoisotopic (exact) mass is 225 g/mol. The minimum Gasteiger partial charge on any atom is -0.476 e. The number of nitrogens with zero attached hydrogens (tertiary/aromatic N) is 2. The van der Waals surface area contributed by atoms with Crippen LogP contribution in [0.3, 0.4) is 0 Å². The van der Waals surface area contributed by atoms with E-state index in [4.69, 9.17) is 4.74 Å². The van der Waals surface area contributed by atoms with Crippen LogP contribution in [0.15, 0.2) is 18.3 Å². The molecule has 0 aliphatic carbocycles. The Balaban J connectivity index is 2.38. The minimum atomic E-state index is -0.534. The molecule has 0 aliphatic rings. The average molecular weight is 225 g/mol. The first-order chi connectivity index (χ1) is 7.59. The summed E-state index contributed by atoms with van der Waals surface area (Å²) < 4.78 is 5.14. The number of carbonyl (C=O) groups is 1. The Morgan fingerprint density at radius 1 is 1.62 bits per heavy atom. The Morgan fingerprint density at radius 3 is 2.88 bits per heavy atom.